The minimum Gasteiger partial charge on any atom is -0.488 e. The molecule has 43 heavy (non-hydrogen) atoms. The summed E-state index contributed by atoms with van der Waals surface area (Å²) in [5.41, 5.74) is 0.220. The van der Waals surface area contributed by atoms with Crippen molar-refractivity contribution in [2.75, 3.05) is 44.3 Å². The number of halogens is 3. The van der Waals surface area contributed by atoms with E-state index in [4.69, 9.17) is 21.1 Å². The van der Waals surface area contributed by atoms with Gasteiger partial charge in [-0.15, -0.1) is 0 Å². The van der Waals surface area contributed by atoms with Crippen LogP contribution in [-0.2, 0) is 9.53 Å². The maximum atomic E-state index is 15.1. The summed E-state index contributed by atoms with van der Waals surface area (Å²) in [6, 6.07) is 4.07. The average Bonchev–Trinajstić information content (AvgIpc) is 2.99. The fourth-order valence-corrected chi connectivity index (χ4v) is 6.70. The van der Waals surface area contributed by atoms with Crippen molar-refractivity contribution < 1.29 is 23.0 Å². The number of rotatable bonds is 6. The molecule has 0 saturated carbocycles. The van der Waals surface area contributed by atoms with Gasteiger partial charge in [0.05, 0.1) is 29.3 Å². The van der Waals surface area contributed by atoms with Crippen LogP contribution in [0.4, 0.5) is 14.6 Å². The van der Waals surface area contributed by atoms with Gasteiger partial charge in [0.15, 0.2) is 5.75 Å². The predicted molar refractivity (Wildman–Crippen MR) is 161 cm³/mol. The van der Waals surface area contributed by atoms with Crippen LogP contribution < -0.4 is 20.6 Å². The average molecular weight is 614 g/mol. The first kappa shape index (κ1) is 29.5. The molecule has 12 heteroatoms. The number of carbonyl (C=O) groups is 1. The zero-order chi connectivity index (χ0) is 30.4. The van der Waals surface area contributed by atoms with Gasteiger partial charge >= 0.3 is 5.69 Å². The Kier molecular flexibility index (Phi) is 8.14. The second-order valence-corrected chi connectivity index (χ2v) is 11.9. The second kappa shape index (κ2) is 11.9. The van der Waals surface area contributed by atoms with E-state index in [1.54, 1.807) is 15.5 Å². The first-order valence-corrected chi connectivity index (χ1v) is 14.9. The fraction of sp³-hybridized carbons (Fsp3) is 0.452. The van der Waals surface area contributed by atoms with E-state index >= 15 is 4.39 Å². The topological polar surface area (TPSA) is 88.9 Å². The Labute approximate surface area is 253 Å². The van der Waals surface area contributed by atoms with E-state index in [9.17, 15) is 14.0 Å². The molecule has 0 radical (unpaired) electrons. The van der Waals surface area contributed by atoms with E-state index in [1.165, 1.54) is 12.1 Å². The fourth-order valence-electron chi connectivity index (χ4n) is 6.40. The van der Waals surface area contributed by atoms with Gasteiger partial charge < -0.3 is 24.6 Å². The summed E-state index contributed by atoms with van der Waals surface area (Å²) < 4.78 is 43.0. The Morgan fingerprint density at radius 1 is 1.21 bits per heavy atom. The van der Waals surface area contributed by atoms with E-state index in [1.807, 2.05) is 18.7 Å². The van der Waals surface area contributed by atoms with Crippen LogP contribution in [0.15, 0.2) is 41.7 Å². The zero-order valence-electron chi connectivity index (χ0n) is 24.1. The highest BCUT2D eigenvalue weighted by molar-refractivity contribution is 6.35. The molecule has 0 aliphatic carbocycles. The maximum absolute atomic E-state index is 15.1. The molecule has 1 aromatic heterocycles. The van der Waals surface area contributed by atoms with Crippen LogP contribution >= 0.6 is 11.6 Å². The van der Waals surface area contributed by atoms with Crippen LogP contribution in [0.3, 0.4) is 0 Å². The summed E-state index contributed by atoms with van der Waals surface area (Å²) in [5.74, 6) is -1.05. The largest absolute Gasteiger partial charge is 0.488 e. The highest BCUT2D eigenvalue weighted by Crippen LogP contribution is 2.47. The van der Waals surface area contributed by atoms with Crippen molar-refractivity contribution in [2.45, 2.75) is 50.9 Å². The molecule has 1 amide bonds. The van der Waals surface area contributed by atoms with Crippen LogP contribution in [0.25, 0.3) is 22.0 Å². The summed E-state index contributed by atoms with van der Waals surface area (Å²) in [6.07, 6.45) is 3.09. The number of benzene rings is 2. The molecule has 228 valence electrons. The third kappa shape index (κ3) is 5.38. The van der Waals surface area contributed by atoms with Crippen LogP contribution in [0.5, 0.6) is 5.75 Å². The van der Waals surface area contributed by atoms with Crippen molar-refractivity contribution >= 4 is 34.2 Å². The molecular weight excluding hydrogens is 580 g/mol. The lowest BCUT2D eigenvalue weighted by molar-refractivity contribution is -0.128. The summed E-state index contributed by atoms with van der Waals surface area (Å²) in [7, 11) is 0. The van der Waals surface area contributed by atoms with Crippen LogP contribution in [-0.4, -0.2) is 77.9 Å². The number of piperidine rings is 1. The summed E-state index contributed by atoms with van der Waals surface area (Å²) in [6.45, 7) is 10.4. The van der Waals surface area contributed by atoms with Crippen LogP contribution in [0.2, 0.25) is 5.02 Å². The van der Waals surface area contributed by atoms with E-state index in [2.05, 4.69) is 16.9 Å². The van der Waals surface area contributed by atoms with Gasteiger partial charge in [-0.25, -0.2) is 13.6 Å². The zero-order valence-corrected chi connectivity index (χ0v) is 24.9. The number of nitrogens with zero attached hydrogens (tertiary/aromatic N) is 4. The van der Waals surface area contributed by atoms with Gasteiger partial charge in [-0.1, -0.05) is 18.2 Å². The molecular formula is C31H34ClF2N5O4. The van der Waals surface area contributed by atoms with E-state index in [-0.39, 0.29) is 59.2 Å². The first-order chi connectivity index (χ1) is 20.7. The number of piperazine rings is 1. The molecule has 0 bridgehead atoms. The number of nitrogens with one attached hydrogen (secondary N) is 1. The molecule has 0 unspecified atom stereocenters. The van der Waals surface area contributed by atoms with Gasteiger partial charge in [-0.2, -0.15) is 4.98 Å². The number of anilines is 1. The molecule has 3 aliphatic rings. The quantitative estimate of drug-likeness (QED) is 0.415. The standard InChI is InChI=1S/C31H34ClF2N5O4/c1-4-26(40)37-13-18(3)38(14-17(37)2)30-23-12-24(32)27(22-6-5-19(33)11-25(22)34)29-28(23)39(31(41)36-30)20(16-43-29)15-42-21-7-9-35-10-8-21/h4-6,11-12,17-18,20-21,35H,1,7-10,13-16H2,2-3H3/t17-,18+,20+/m1/s1. The van der Waals surface area contributed by atoms with E-state index < -0.39 is 23.4 Å². The highest BCUT2D eigenvalue weighted by atomic mass is 35.5. The molecule has 3 aromatic rings. The summed E-state index contributed by atoms with van der Waals surface area (Å²) in [4.78, 5) is 34.7. The van der Waals surface area contributed by atoms with Gasteiger partial charge in [-0.3, -0.25) is 9.36 Å². The molecule has 0 spiro atoms. The lowest BCUT2D eigenvalue weighted by Crippen LogP contribution is -2.58. The Balaban J connectivity index is 1.50. The SMILES string of the molecule is C=CC(=O)N1C[C@H](C)N(c2nc(=O)n3c4c(c(-c5ccc(F)cc5F)c(Cl)cc24)OC[C@@H]3COC2CCNCC2)C[C@H]1C. The highest BCUT2D eigenvalue weighted by Gasteiger charge is 2.36. The normalized spacial score (nSPS) is 22.5. The lowest BCUT2D eigenvalue weighted by Gasteiger charge is -2.45. The number of ether oxygens (including phenoxy) is 2. The Morgan fingerprint density at radius 3 is 2.70 bits per heavy atom. The van der Waals surface area contributed by atoms with Crippen molar-refractivity contribution in [3.63, 3.8) is 0 Å². The van der Waals surface area contributed by atoms with Crippen molar-refractivity contribution in [1.29, 1.82) is 0 Å². The number of hydrogen-bond donors (Lipinski definition) is 1. The third-order valence-electron chi connectivity index (χ3n) is 8.61. The molecule has 6 rings (SSSR count). The van der Waals surface area contributed by atoms with Gasteiger partial charge in [0.1, 0.15) is 24.1 Å². The van der Waals surface area contributed by atoms with Gasteiger partial charge in [0.2, 0.25) is 5.91 Å². The molecule has 9 nitrogen and oxygen atoms in total. The van der Waals surface area contributed by atoms with E-state index in [0.717, 1.165) is 38.1 Å². The summed E-state index contributed by atoms with van der Waals surface area (Å²) in [5, 5.41) is 4.04. The molecule has 3 aliphatic heterocycles. The van der Waals surface area contributed by atoms with Gasteiger partial charge in [0.25, 0.3) is 0 Å². The van der Waals surface area contributed by atoms with Gasteiger partial charge in [-0.05, 0) is 64.1 Å². The first-order valence-electron chi connectivity index (χ1n) is 14.6. The number of hydrogen-bond acceptors (Lipinski definition) is 7. The van der Waals surface area contributed by atoms with Crippen molar-refractivity contribution in [1.82, 2.24) is 19.8 Å². The molecule has 2 saturated heterocycles. The van der Waals surface area contributed by atoms with E-state index in [0.29, 0.717) is 29.8 Å². The molecule has 1 N–H and O–H groups in total. The number of carbonyl (C=O) groups excluding carboxylic acids is 1. The number of amides is 1. The monoisotopic (exact) mass is 613 g/mol. The van der Waals surface area contributed by atoms with Crippen molar-refractivity contribution in [3.05, 3.63) is 64.1 Å². The molecule has 2 fully saturated rings. The Hall–Kier alpha value is -3.54. The predicted octanol–water partition coefficient (Wildman–Crippen LogP) is 4.31. The lowest BCUT2D eigenvalue weighted by atomic mass is 9.99. The van der Waals surface area contributed by atoms with Crippen molar-refractivity contribution in [2.24, 2.45) is 0 Å². The molecule has 2 aromatic carbocycles. The van der Waals surface area contributed by atoms with Gasteiger partial charge in [0, 0.05) is 47.8 Å². The van der Waals surface area contributed by atoms with Crippen LogP contribution in [0, 0.1) is 11.6 Å². The minimum absolute atomic E-state index is 0.0589. The third-order valence-corrected chi connectivity index (χ3v) is 8.91. The van der Waals surface area contributed by atoms with Crippen LogP contribution in [0.1, 0.15) is 32.7 Å². The molecule has 3 atom stereocenters. The number of aromatic nitrogens is 2. The summed E-state index contributed by atoms with van der Waals surface area (Å²) >= 11 is 6.84. The maximum Gasteiger partial charge on any atom is 0.350 e. The molecule has 4 heterocycles. The Morgan fingerprint density at radius 2 is 1.98 bits per heavy atom. The minimum atomic E-state index is -0.800. The smallest absolute Gasteiger partial charge is 0.350 e. The Bertz CT molecular complexity index is 1640. The second-order valence-electron chi connectivity index (χ2n) is 11.5. The van der Waals surface area contributed by atoms with Crippen molar-refractivity contribution in [3.8, 4) is 16.9 Å².